The van der Waals surface area contributed by atoms with Crippen molar-refractivity contribution < 1.29 is 9.53 Å². The quantitative estimate of drug-likeness (QED) is 0.555. The fourth-order valence-corrected chi connectivity index (χ4v) is 4.35. The van der Waals surface area contributed by atoms with Crippen LogP contribution in [0.25, 0.3) is 10.2 Å². The van der Waals surface area contributed by atoms with Gasteiger partial charge in [0.05, 0.1) is 17.3 Å². The molecule has 1 N–H and O–H groups in total. The lowest BCUT2D eigenvalue weighted by molar-refractivity contribution is -0.115. The average molecular weight is 423 g/mol. The minimum absolute atomic E-state index is 0.0193. The van der Waals surface area contributed by atoms with Crippen LogP contribution in [0.15, 0.2) is 51.8 Å². The molecule has 2 aromatic carbocycles. The van der Waals surface area contributed by atoms with Gasteiger partial charge in [-0.25, -0.2) is 4.98 Å². The largest absolute Gasteiger partial charge is 0.497 e. The lowest BCUT2D eigenvalue weighted by Gasteiger charge is -2.03. The fourth-order valence-electron chi connectivity index (χ4n) is 2.07. The predicted octanol–water partition coefficient (Wildman–Crippen LogP) is 5.19. The molecule has 0 spiro atoms. The summed E-state index contributed by atoms with van der Waals surface area (Å²) in [5, 5.41) is 3.52. The van der Waals surface area contributed by atoms with Crippen LogP contribution in [-0.4, -0.2) is 23.8 Å². The van der Waals surface area contributed by atoms with Crippen LogP contribution in [0, 0.1) is 0 Å². The molecule has 0 saturated heterocycles. The van der Waals surface area contributed by atoms with Gasteiger partial charge in [-0.2, -0.15) is 0 Å². The number of rotatable bonds is 6. The third kappa shape index (κ3) is 4.49. The summed E-state index contributed by atoms with van der Waals surface area (Å²) < 4.78 is 7.18. The number of aromatic nitrogens is 1. The van der Waals surface area contributed by atoms with Gasteiger partial charge in [-0.05, 0) is 42.5 Å². The van der Waals surface area contributed by atoms with Crippen molar-refractivity contribution in [2.75, 3.05) is 18.2 Å². The molecule has 1 amide bonds. The van der Waals surface area contributed by atoms with Gasteiger partial charge >= 0.3 is 0 Å². The number of hydrogen-bond donors (Lipinski definition) is 1. The van der Waals surface area contributed by atoms with Gasteiger partial charge in [0.25, 0.3) is 0 Å². The Morgan fingerprint density at radius 2 is 2.08 bits per heavy atom. The van der Waals surface area contributed by atoms with Crippen LogP contribution in [-0.2, 0) is 4.79 Å². The first-order valence-corrected chi connectivity index (χ1v) is 9.86. The SMILES string of the molecule is COc1ccc(SCCC(=O)Nc2nc3ccc(Br)cc3s2)cc1. The zero-order valence-corrected chi connectivity index (χ0v) is 16.1. The number of halogens is 1. The number of nitrogens with one attached hydrogen (secondary N) is 1. The smallest absolute Gasteiger partial charge is 0.226 e. The standard InChI is InChI=1S/C17H15BrN2O2S2/c1-22-12-3-5-13(6-4-12)23-9-8-16(21)20-17-19-14-7-2-11(18)10-15(14)24-17/h2-7,10H,8-9H2,1H3,(H,19,20,21). The monoisotopic (exact) mass is 422 g/mol. The minimum atomic E-state index is -0.0193. The number of benzene rings is 2. The Balaban J connectivity index is 1.51. The Bertz CT molecular complexity index is 849. The second-order valence-corrected chi connectivity index (χ2v) is 8.07. The Labute approximate surface area is 156 Å². The topological polar surface area (TPSA) is 51.2 Å². The molecule has 124 valence electrons. The first-order valence-electron chi connectivity index (χ1n) is 7.27. The van der Waals surface area contributed by atoms with E-state index in [1.54, 1.807) is 18.9 Å². The number of methoxy groups -OCH3 is 1. The summed E-state index contributed by atoms with van der Waals surface area (Å²) in [6, 6.07) is 13.7. The van der Waals surface area contributed by atoms with E-state index in [0.29, 0.717) is 17.3 Å². The molecule has 0 atom stereocenters. The van der Waals surface area contributed by atoms with E-state index >= 15 is 0 Å². The van der Waals surface area contributed by atoms with Gasteiger partial charge < -0.3 is 10.1 Å². The number of ether oxygens (including phenoxy) is 1. The Hall–Kier alpha value is -1.57. The normalized spacial score (nSPS) is 10.8. The Morgan fingerprint density at radius 1 is 1.29 bits per heavy atom. The van der Waals surface area contributed by atoms with Crippen molar-refractivity contribution in [3.63, 3.8) is 0 Å². The second-order valence-electron chi connectivity index (χ2n) is 4.95. The maximum atomic E-state index is 12.1. The molecule has 0 fully saturated rings. The highest BCUT2D eigenvalue weighted by Gasteiger charge is 2.08. The van der Waals surface area contributed by atoms with Gasteiger partial charge in [-0.15, -0.1) is 11.8 Å². The highest BCUT2D eigenvalue weighted by atomic mass is 79.9. The molecule has 0 aliphatic carbocycles. The van der Waals surface area contributed by atoms with Crippen molar-refractivity contribution in [3.05, 3.63) is 46.9 Å². The number of nitrogens with zero attached hydrogens (tertiary/aromatic N) is 1. The van der Waals surface area contributed by atoms with E-state index in [1.165, 1.54) is 11.3 Å². The molecule has 1 heterocycles. The van der Waals surface area contributed by atoms with E-state index in [0.717, 1.165) is 25.3 Å². The summed E-state index contributed by atoms with van der Waals surface area (Å²) >= 11 is 6.56. The summed E-state index contributed by atoms with van der Waals surface area (Å²) in [6.07, 6.45) is 0.441. The summed E-state index contributed by atoms with van der Waals surface area (Å²) in [4.78, 5) is 17.6. The van der Waals surface area contributed by atoms with E-state index in [-0.39, 0.29) is 5.91 Å². The van der Waals surface area contributed by atoms with Crippen molar-refractivity contribution in [2.45, 2.75) is 11.3 Å². The molecular weight excluding hydrogens is 408 g/mol. The van der Waals surface area contributed by atoms with E-state index < -0.39 is 0 Å². The highest BCUT2D eigenvalue weighted by Crippen LogP contribution is 2.28. The zero-order chi connectivity index (χ0) is 16.9. The third-order valence-corrected chi connectivity index (χ3v) is 5.69. The number of anilines is 1. The molecular formula is C17H15BrN2O2S2. The molecule has 4 nitrogen and oxygen atoms in total. The van der Waals surface area contributed by atoms with Crippen molar-refractivity contribution in [1.29, 1.82) is 0 Å². The summed E-state index contributed by atoms with van der Waals surface area (Å²) in [5.41, 5.74) is 0.895. The number of fused-ring (bicyclic) bond motifs is 1. The molecule has 24 heavy (non-hydrogen) atoms. The first-order chi connectivity index (χ1) is 11.6. The molecule has 0 aliphatic heterocycles. The average Bonchev–Trinajstić information content (AvgIpc) is 2.96. The van der Waals surface area contributed by atoms with Gasteiger partial charge in [-0.3, -0.25) is 4.79 Å². The van der Waals surface area contributed by atoms with Crippen LogP contribution < -0.4 is 10.1 Å². The molecule has 3 rings (SSSR count). The van der Waals surface area contributed by atoms with Gasteiger partial charge in [0, 0.05) is 21.5 Å². The molecule has 0 unspecified atom stereocenters. The number of hydrogen-bond acceptors (Lipinski definition) is 5. The predicted molar refractivity (Wildman–Crippen MR) is 104 cm³/mol. The van der Waals surface area contributed by atoms with Crippen LogP contribution in [0.4, 0.5) is 5.13 Å². The van der Waals surface area contributed by atoms with Crippen LogP contribution >= 0.6 is 39.0 Å². The van der Waals surface area contributed by atoms with Crippen molar-refractivity contribution in [1.82, 2.24) is 4.98 Å². The molecule has 3 aromatic rings. The lowest BCUT2D eigenvalue weighted by atomic mass is 10.3. The van der Waals surface area contributed by atoms with Gasteiger partial charge in [0.15, 0.2) is 5.13 Å². The molecule has 7 heteroatoms. The van der Waals surface area contributed by atoms with Gasteiger partial charge in [0.2, 0.25) is 5.91 Å². The Kier molecular flexibility index (Phi) is 5.76. The first kappa shape index (κ1) is 17.3. The highest BCUT2D eigenvalue weighted by molar-refractivity contribution is 9.10. The maximum absolute atomic E-state index is 12.1. The van der Waals surface area contributed by atoms with E-state index in [4.69, 9.17) is 4.74 Å². The molecule has 0 saturated carbocycles. The number of thiazole rings is 1. The number of thioether (sulfide) groups is 1. The van der Waals surface area contributed by atoms with Crippen molar-refractivity contribution in [2.24, 2.45) is 0 Å². The van der Waals surface area contributed by atoms with Crippen LogP contribution in [0.1, 0.15) is 6.42 Å². The number of carbonyl (C=O) groups excluding carboxylic acids is 1. The van der Waals surface area contributed by atoms with Crippen molar-refractivity contribution >= 4 is 60.3 Å². The zero-order valence-electron chi connectivity index (χ0n) is 12.9. The van der Waals surface area contributed by atoms with Crippen molar-refractivity contribution in [3.8, 4) is 5.75 Å². The Morgan fingerprint density at radius 3 is 2.83 bits per heavy atom. The molecule has 1 aromatic heterocycles. The third-order valence-electron chi connectivity index (χ3n) is 3.25. The molecule has 0 bridgehead atoms. The van der Waals surface area contributed by atoms with E-state index in [2.05, 4.69) is 26.2 Å². The fraction of sp³-hybridized carbons (Fsp3) is 0.176. The number of amides is 1. The maximum Gasteiger partial charge on any atom is 0.226 e. The lowest BCUT2D eigenvalue weighted by Crippen LogP contribution is -2.11. The minimum Gasteiger partial charge on any atom is -0.497 e. The van der Waals surface area contributed by atoms with E-state index in [9.17, 15) is 4.79 Å². The van der Waals surface area contributed by atoms with E-state index in [1.807, 2.05) is 42.5 Å². The summed E-state index contributed by atoms with van der Waals surface area (Å²) in [6.45, 7) is 0. The van der Waals surface area contributed by atoms with Crippen LogP contribution in [0.2, 0.25) is 0 Å². The summed E-state index contributed by atoms with van der Waals surface area (Å²) in [7, 11) is 1.65. The van der Waals surface area contributed by atoms with Crippen LogP contribution in [0.5, 0.6) is 5.75 Å². The molecule has 0 aliphatic rings. The molecule has 0 radical (unpaired) electrons. The van der Waals surface area contributed by atoms with Crippen LogP contribution in [0.3, 0.4) is 0 Å². The number of carbonyl (C=O) groups is 1. The van der Waals surface area contributed by atoms with Gasteiger partial charge in [0.1, 0.15) is 5.75 Å². The second kappa shape index (κ2) is 8.00. The summed E-state index contributed by atoms with van der Waals surface area (Å²) in [5.74, 6) is 1.53. The van der Waals surface area contributed by atoms with Gasteiger partial charge in [-0.1, -0.05) is 27.3 Å².